The van der Waals surface area contributed by atoms with E-state index in [-0.39, 0.29) is 11.1 Å². The Balaban J connectivity index is 1.71. The lowest BCUT2D eigenvalue weighted by molar-refractivity contribution is 0.388. The van der Waals surface area contributed by atoms with Crippen LogP contribution in [0.3, 0.4) is 0 Å². The lowest BCUT2D eigenvalue weighted by atomic mass is 10.1. The molecule has 0 unspecified atom stereocenters. The molecule has 5 nitrogen and oxygen atoms in total. The molecule has 0 aliphatic heterocycles. The molecule has 0 amide bonds. The second-order valence-corrected chi connectivity index (χ2v) is 7.32. The van der Waals surface area contributed by atoms with Gasteiger partial charge in [0.15, 0.2) is 0 Å². The Hall–Kier alpha value is -2.05. The molecule has 0 fully saturated rings. The van der Waals surface area contributed by atoms with Gasteiger partial charge >= 0.3 is 0 Å². The molecule has 0 atom stereocenters. The molecule has 0 spiro atoms. The highest BCUT2D eigenvalue weighted by atomic mass is 32.1. The van der Waals surface area contributed by atoms with Crippen LogP contribution in [-0.4, -0.2) is 21.1 Å². The van der Waals surface area contributed by atoms with Crippen LogP contribution in [0, 0.1) is 6.92 Å². The predicted molar refractivity (Wildman–Crippen MR) is 93.9 cm³/mol. The van der Waals surface area contributed by atoms with E-state index in [0.29, 0.717) is 18.5 Å². The van der Waals surface area contributed by atoms with Gasteiger partial charge in [-0.25, -0.2) is 9.97 Å². The number of fused-ring (bicyclic) bond motifs is 1. The Kier molecular flexibility index (Phi) is 4.28. The van der Waals surface area contributed by atoms with Crippen molar-refractivity contribution in [1.29, 1.82) is 0 Å². The average Bonchev–Trinajstić information content (AvgIpc) is 2.97. The van der Waals surface area contributed by atoms with Crippen LogP contribution in [0.15, 0.2) is 41.6 Å². The number of benzene rings is 1. The highest BCUT2D eigenvalue weighted by Gasteiger charge is 2.22. The molecule has 0 radical (unpaired) electrons. The monoisotopic (exact) mass is 328 g/mol. The number of hydrogen-bond donors (Lipinski definition) is 1. The molecule has 23 heavy (non-hydrogen) atoms. The van der Waals surface area contributed by atoms with Crippen molar-refractivity contribution >= 4 is 22.2 Å². The number of rotatable bonds is 5. The molecule has 0 saturated carbocycles. The summed E-state index contributed by atoms with van der Waals surface area (Å²) in [4.78, 5) is 22.4. The Morgan fingerprint density at radius 1 is 1.26 bits per heavy atom. The van der Waals surface area contributed by atoms with Crippen LogP contribution in [0.1, 0.15) is 23.7 Å². The van der Waals surface area contributed by atoms with E-state index in [1.165, 1.54) is 4.88 Å². The zero-order valence-corrected chi connectivity index (χ0v) is 14.4. The summed E-state index contributed by atoms with van der Waals surface area (Å²) in [7, 11) is 0. The number of nitrogens with one attached hydrogen (secondary N) is 1. The molecule has 0 bridgehead atoms. The van der Waals surface area contributed by atoms with Crippen molar-refractivity contribution < 1.29 is 0 Å². The van der Waals surface area contributed by atoms with E-state index in [9.17, 15) is 4.79 Å². The second kappa shape index (κ2) is 6.22. The van der Waals surface area contributed by atoms with Crippen LogP contribution in [0.2, 0.25) is 0 Å². The molecule has 0 saturated heterocycles. The Labute approximate surface area is 139 Å². The van der Waals surface area contributed by atoms with E-state index in [2.05, 4.69) is 36.1 Å². The molecule has 6 heteroatoms. The summed E-state index contributed by atoms with van der Waals surface area (Å²) in [5, 5.41) is 5.18. The van der Waals surface area contributed by atoms with Gasteiger partial charge in [0.1, 0.15) is 5.01 Å². The topological polar surface area (TPSA) is 59.8 Å². The Bertz CT molecular complexity index is 881. The third-order valence-electron chi connectivity index (χ3n) is 3.81. The van der Waals surface area contributed by atoms with Gasteiger partial charge in [0.25, 0.3) is 5.56 Å². The third kappa shape index (κ3) is 3.33. The molecular formula is C17H20N4OS. The van der Waals surface area contributed by atoms with Crippen molar-refractivity contribution in [1.82, 2.24) is 19.9 Å². The maximum atomic E-state index is 12.4. The number of para-hydroxylation sites is 1. The molecule has 120 valence electrons. The lowest BCUT2D eigenvalue weighted by Gasteiger charge is -2.24. The first-order chi connectivity index (χ1) is 11.0. The Morgan fingerprint density at radius 2 is 2.04 bits per heavy atom. The van der Waals surface area contributed by atoms with Gasteiger partial charge in [0.2, 0.25) is 0 Å². The average molecular weight is 328 g/mol. The zero-order chi connectivity index (χ0) is 16.4. The van der Waals surface area contributed by atoms with Gasteiger partial charge in [-0.2, -0.15) is 0 Å². The largest absolute Gasteiger partial charge is 0.304 e. The maximum absolute atomic E-state index is 12.4. The first-order valence-electron chi connectivity index (χ1n) is 7.59. The van der Waals surface area contributed by atoms with Crippen molar-refractivity contribution in [2.45, 2.75) is 32.9 Å². The second-order valence-electron chi connectivity index (χ2n) is 6.09. The first kappa shape index (κ1) is 15.8. The normalized spacial score (nSPS) is 12.0. The van der Waals surface area contributed by atoms with E-state index in [0.717, 1.165) is 10.5 Å². The molecular weight excluding hydrogens is 308 g/mol. The van der Waals surface area contributed by atoms with Gasteiger partial charge in [0, 0.05) is 24.2 Å². The minimum absolute atomic E-state index is 0.000277. The van der Waals surface area contributed by atoms with Crippen LogP contribution in [0.5, 0.6) is 0 Å². The minimum atomic E-state index is -0.215. The fraction of sp³-hybridized carbons (Fsp3) is 0.353. The number of aryl methyl sites for hydroxylation is 1. The highest BCUT2D eigenvalue weighted by Crippen LogP contribution is 2.24. The zero-order valence-electron chi connectivity index (χ0n) is 13.5. The van der Waals surface area contributed by atoms with Crippen LogP contribution in [0.25, 0.3) is 10.9 Å². The molecule has 0 aliphatic rings. The van der Waals surface area contributed by atoms with E-state index in [4.69, 9.17) is 0 Å². The van der Waals surface area contributed by atoms with E-state index in [1.54, 1.807) is 22.2 Å². The number of thiazole rings is 1. The third-order valence-corrected chi connectivity index (χ3v) is 5.04. The van der Waals surface area contributed by atoms with Crippen LogP contribution >= 0.6 is 11.3 Å². The quantitative estimate of drug-likeness (QED) is 0.782. The van der Waals surface area contributed by atoms with E-state index >= 15 is 0 Å². The summed E-state index contributed by atoms with van der Waals surface area (Å²) in [6, 6.07) is 7.42. The molecule has 3 rings (SSSR count). The summed E-state index contributed by atoms with van der Waals surface area (Å²) in [5.41, 5.74) is 0.521. The van der Waals surface area contributed by atoms with Crippen LogP contribution in [-0.2, 0) is 12.1 Å². The van der Waals surface area contributed by atoms with E-state index < -0.39 is 0 Å². The predicted octanol–water partition coefficient (Wildman–Crippen LogP) is 2.69. The molecule has 2 heterocycles. The molecule has 2 aromatic heterocycles. The fourth-order valence-electron chi connectivity index (χ4n) is 2.47. The lowest BCUT2D eigenvalue weighted by Crippen LogP contribution is -2.39. The number of nitrogens with zero attached hydrogens (tertiary/aromatic N) is 3. The SMILES string of the molecule is Cc1cnc(C(C)(C)NCCn2cnc3ccccc3c2=O)s1. The van der Waals surface area contributed by atoms with Gasteiger partial charge in [-0.3, -0.25) is 9.36 Å². The highest BCUT2D eigenvalue weighted by molar-refractivity contribution is 7.11. The van der Waals surface area contributed by atoms with Crippen LogP contribution < -0.4 is 10.9 Å². The smallest absolute Gasteiger partial charge is 0.261 e. The summed E-state index contributed by atoms with van der Waals surface area (Å²) >= 11 is 1.69. The van der Waals surface area contributed by atoms with Crippen molar-refractivity contribution in [3.8, 4) is 0 Å². The summed E-state index contributed by atoms with van der Waals surface area (Å²) in [6.07, 6.45) is 3.51. The summed E-state index contributed by atoms with van der Waals surface area (Å²) in [5.74, 6) is 0. The van der Waals surface area contributed by atoms with Crippen LogP contribution in [0.4, 0.5) is 0 Å². The molecule has 1 N–H and O–H groups in total. The van der Waals surface area contributed by atoms with Crippen molar-refractivity contribution in [3.63, 3.8) is 0 Å². The standard InChI is InChI=1S/C17H20N4OS/c1-12-10-18-16(23-12)17(2,3)20-8-9-21-11-19-14-7-5-4-6-13(14)15(21)22/h4-7,10-11,20H,8-9H2,1-3H3. The maximum Gasteiger partial charge on any atom is 0.261 e. The fourth-order valence-corrected chi connectivity index (χ4v) is 3.32. The van der Waals surface area contributed by atoms with Crippen molar-refractivity contribution in [3.05, 3.63) is 57.0 Å². The first-order valence-corrected chi connectivity index (χ1v) is 8.41. The van der Waals surface area contributed by atoms with Gasteiger partial charge < -0.3 is 5.32 Å². The van der Waals surface area contributed by atoms with E-state index in [1.807, 2.05) is 30.5 Å². The number of aromatic nitrogens is 3. The van der Waals surface area contributed by atoms with Crippen molar-refractivity contribution in [2.75, 3.05) is 6.54 Å². The van der Waals surface area contributed by atoms with Crippen molar-refractivity contribution in [2.24, 2.45) is 0 Å². The Morgan fingerprint density at radius 3 is 2.78 bits per heavy atom. The molecule has 0 aliphatic carbocycles. The summed E-state index contributed by atoms with van der Waals surface area (Å²) in [6.45, 7) is 7.51. The van der Waals surface area contributed by atoms with Gasteiger partial charge in [-0.05, 0) is 32.9 Å². The molecule has 1 aromatic carbocycles. The van der Waals surface area contributed by atoms with Gasteiger partial charge in [-0.15, -0.1) is 11.3 Å². The van der Waals surface area contributed by atoms with Gasteiger partial charge in [0.05, 0.1) is 22.8 Å². The summed E-state index contributed by atoms with van der Waals surface area (Å²) < 4.78 is 1.65. The molecule has 3 aromatic rings. The minimum Gasteiger partial charge on any atom is -0.304 e. The number of hydrogen-bond acceptors (Lipinski definition) is 5. The van der Waals surface area contributed by atoms with Gasteiger partial charge in [-0.1, -0.05) is 12.1 Å².